The van der Waals surface area contributed by atoms with Crippen LogP contribution in [0.1, 0.15) is 68.6 Å². The Kier molecular flexibility index (Phi) is 6.52. The zero-order chi connectivity index (χ0) is 20.1. The highest BCUT2D eigenvalue weighted by molar-refractivity contribution is 5.88. The molecule has 0 aromatic carbocycles. The number of anilines is 1. The van der Waals surface area contributed by atoms with Crippen LogP contribution in [0.25, 0.3) is 0 Å². The molecule has 2 heterocycles. The molecule has 1 amide bonds. The average Bonchev–Trinajstić information content (AvgIpc) is 3.15. The maximum absolute atomic E-state index is 12.8. The summed E-state index contributed by atoms with van der Waals surface area (Å²) in [6.07, 6.45) is 11.8. The van der Waals surface area contributed by atoms with Crippen LogP contribution in [0.2, 0.25) is 0 Å². The first-order chi connectivity index (χ1) is 13.4. The Hall–Kier alpha value is -2.18. The number of rotatable bonds is 6. The van der Waals surface area contributed by atoms with Crippen molar-refractivity contribution < 1.29 is 14.3 Å². The lowest BCUT2D eigenvalue weighted by Gasteiger charge is -2.35. The van der Waals surface area contributed by atoms with E-state index < -0.39 is 5.97 Å². The third-order valence-electron chi connectivity index (χ3n) is 6.24. The summed E-state index contributed by atoms with van der Waals surface area (Å²) in [6, 6.07) is 0.206. The molecule has 2 aliphatic rings. The summed E-state index contributed by atoms with van der Waals surface area (Å²) < 4.78 is 4.70. The maximum Gasteiger partial charge on any atom is 0.341 e. The number of esters is 1. The van der Waals surface area contributed by atoms with Gasteiger partial charge in [-0.15, -0.1) is 0 Å². The van der Waals surface area contributed by atoms with Gasteiger partial charge in [-0.3, -0.25) is 4.79 Å². The number of hydrogen-bond donors (Lipinski definition) is 0. The first-order valence-corrected chi connectivity index (χ1v) is 10.3. The second-order valence-corrected chi connectivity index (χ2v) is 8.58. The van der Waals surface area contributed by atoms with Crippen molar-refractivity contribution in [2.75, 3.05) is 32.1 Å². The predicted molar refractivity (Wildman–Crippen MR) is 107 cm³/mol. The number of likely N-dealkylation sites (N-methyl/N-ethyl adjacent to an activating group) is 1. The fourth-order valence-electron chi connectivity index (χ4n) is 4.48. The van der Waals surface area contributed by atoms with E-state index in [0.29, 0.717) is 24.5 Å². The van der Waals surface area contributed by atoms with Crippen molar-refractivity contribution >= 4 is 17.8 Å². The molecule has 0 N–H and O–H groups in total. The van der Waals surface area contributed by atoms with Gasteiger partial charge in [0.1, 0.15) is 0 Å². The van der Waals surface area contributed by atoms with Crippen LogP contribution >= 0.6 is 0 Å². The van der Waals surface area contributed by atoms with Crippen LogP contribution in [0.15, 0.2) is 12.4 Å². The van der Waals surface area contributed by atoms with E-state index in [1.807, 2.05) is 11.9 Å². The van der Waals surface area contributed by atoms with E-state index >= 15 is 0 Å². The summed E-state index contributed by atoms with van der Waals surface area (Å²) in [5.74, 6) is 0.402. The smallest absolute Gasteiger partial charge is 0.341 e. The summed E-state index contributed by atoms with van der Waals surface area (Å²) in [6.45, 7) is 3.80. The number of carbonyl (C=O) groups is 2. The average molecular weight is 389 g/mol. The van der Waals surface area contributed by atoms with Crippen molar-refractivity contribution in [2.24, 2.45) is 5.41 Å². The van der Waals surface area contributed by atoms with Crippen LogP contribution in [-0.2, 0) is 9.53 Å². The molecule has 0 radical (unpaired) electrons. The van der Waals surface area contributed by atoms with Gasteiger partial charge in [0.15, 0.2) is 0 Å². The molecule has 1 aliphatic carbocycles. The predicted octanol–water partition coefficient (Wildman–Crippen LogP) is 3.05. The number of methoxy groups -OCH3 is 1. The molecule has 0 spiro atoms. The fraction of sp³-hybridized carbons (Fsp3) is 0.714. The van der Waals surface area contributed by atoms with Crippen LogP contribution < -0.4 is 4.90 Å². The maximum atomic E-state index is 12.8. The van der Waals surface area contributed by atoms with Crippen molar-refractivity contribution in [3.8, 4) is 0 Å². The van der Waals surface area contributed by atoms with E-state index in [-0.39, 0.29) is 17.4 Å². The van der Waals surface area contributed by atoms with Crippen molar-refractivity contribution in [3.63, 3.8) is 0 Å². The minimum atomic E-state index is -0.439. The monoisotopic (exact) mass is 388 g/mol. The first kappa shape index (κ1) is 20.6. The van der Waals surface area contributed by atoms with E-state index in [0.717, 1.165) is 32.2 Å². The van der Waals surface area contributed by atoms with Gasteiger partial charge < -0.3 is 14.5 Å². The molecule has 1 aromatic rings. The summed E-state index contributed by atoms with van der Waals surface area (Å²) in [4.78, 5) is 37.1. The van der Waals surface area contributed by atoms with E-state index in [2.05, 4.69) is 21.8 Å². The Morgan fingerprint density at radius 3 is 2.54 bits per heavy atom. The van der Waals surface area contributed by atoms with E-state index in [9.17, 15) is 9.59 Å². The SMILES string of the molecule is COC(=O)c1cnc(N2CCCC2CN(C)C(=O)CC2(C)CCCCC2)nc1. The van der Waals surface area contributed by atoms with Gasteiger partial charge in [-0.05, 0) is 31.1 Å². The number of carbonyl (C=O) groups excluding carboxylic acids is 2. The number of aromatic nitrogens is 2. The van der Waals surface area contributed by atoms with Gasteiger partial charge in [0.25, 0.3) is 0 Å². The molecule has 154 valence electrons. The molecule has 28 heavy (non-hydrogen) atoms. The molecule has 1 saturated carbocycles. The highest BCUT2D eigenvalue weighted by Gasteiger charge is 2.33. The molecule has 0 bridgehead atoms. The van der Waals surface area contributed by atoms with Crippen LogP contribution in [0.4, 0.5) is 5.95 Å². The van der Waals surface area contributed by atoms with Crippen LogP contribution in [0, 0.1) is 5.41 Å². The van der Waals surface area contributed by atoms with Gasteiger partial charge in [-0.25, -0.2) is 14.8 Å². The molecule has 1 saturated heterocycles. The summed E-state index contributed by atoms with van der Waals surface area (Å²) in [5, 5.41) is 0. The minimum Gasteiger partial charge on any atom is -0.465 e. The molecule has 2 fully saturated rings. The zero-order valence-corrected chi connectivity index (χ0v) is 17.3. The fourth-order valence-corrected chi connectivity index (χ4v) is 4.48. The Balaban J connectivity index is 1.59. The molecule has 1 aliphatic heterocycles. The van der Waals surface area contributed by atoms with Crippen molar-refractivity contribution in [3.05, 3.63) is 18.0 Å². The number of nitrogens with zero attached hydrogens (tertiary/aromatic N) is 4. The lowest BCUT2D eigenvalue weighted by Crippen LogP contribution is -2.43. The zero-order valence-electron chi connectivity index (χ0n) is 17.3. The standard InChI is InChI=1S/C21H32N4O3/c1-21(9-5-4-6-10-21)12-18(26)24(2)15-17-8-7-11-25(17)20-22-13-16(14-23-20)19(27)28-3/h13-14,17H,4-12,15H2,1-3H3. The molecule has 1 atom stereocenters. The van der Waals surface area contributed by atoms with E-state index in [1.165, 1.54) is 38.8 Å². The molecule has 7 heteroatoms. The molecule has 3 rings (SSSR count). The Morgan fingerprint density at radius 2 is 1.89 bits per heavy atom. The molecular formula is C21H32N4O3. The van der Waals surface area contributed by atoms with Gasteiger partial charge in [0.05, 0.1) is 12.7 Å². The van der Waals surface area contributed by atoms with Crippen molar-refractivity contribution in [1.29, 1.82) is 0 Å². The summed E-state index contributed by atoms with van der Waals surface area (Å²) >= 11 is 0. The van der Waals surface area contributed by atoms with E-state index in [4.69, 9.17) is 4.74 Å². The van der Waals surface area contributed by atoms with E-state index in [1.54, 1.807) is 0 Å². The summed E-state index contributed by atoms with van der Waals surface area (Å²) in [7, 11) is 3.25. The third-order valence-corrected chi connectivity index (χ3v) is 6.24. The normalized spacial score (nSPS) is 21.4. The number of amides is 1. The van der Waals surface area contributed by atoms with Crippen molar-refractivity contribution in [2.45, 2.75) is 64.3 Å². The van der Waals surface area contributed by atoms with Crippen LogP contribution in [0.5, 0.6) is 0 Å². The Bertz CT molecular complexity index is 685. The molecule has 1 unspecified atom stereocenters. The Labute approximate surface area is 167 Å². The number of hydrogen-bond acceptors (Lipinski definition) is 6. The summed E-state index contributed by atoms with van der Waals surface area (Å²) in [5.41, 5.74) is 0.501. The number of ether oxygens (including phenoxy) is 1. The quantitative estimate of drug-likeness (QED) is 0.697. The highest BCUT2D eigenvalue weighted by atomic mass is 16.5. The van der Waals surface area contributed by atoms with Crippen LogP contribution in [-0.4, -0.2) is 60.0 Å². The first-order valence-electron chi connectivity index (χ1n) is 10.3. The third kappa shape index (κ3) is 4.80. The van der Waals surface area contributed by atoms with Crippen LogP contribution in [0.3, 0.4) is 0 Å². The largest absolute Gasteiger partial charge is 0.465 e. The van der Waals surface area contributed by atoms with Crippen molar-refractivity contribution in [1.82, 2.24) is 14.9 Å². The minimum absolute atomic E-state index is 0.159. The van der Waals surface area contributed by atoms with Gasteiger partial charge >= 0.3 is 5.97 Å². The van der Waals surface area contributed by atoms with Gasteiger partial charge in [-0.2, -0.15) is 0 Å². The Morgan fingerprint density at radius 1 is 1.21 bits per heavy atom. The lowest BCUT2D eigenvalue weighted by molar-refractivity contribution is -0.132. The molecule has 7 nitrogen and oxygen atoms in total. The van der Waals surface area contributed by atoms with Gasteiger partial charge in [-0.1, -0.05) is 26.2 Å². The second-order valence-electron chi connectivity index (χ2n) is 8.58. The second kappa shape index (κ2) is 8.88. The molecule has 1 aromatic heterocycles. The topological polar surface area (TPSA) is 75.6 Å². The highest BCUT2D eigenvalue weighted by Crippen LogP contribution is 2.39. The van der Waals surface area contributed by atoms with Gasteiger partial charge in [0.2, 0.25) is 11.9 Å². The molecular weight excluding hydrogens is 356 g/mol. The lowest BCUT2D eigenvalue weighted by atomic mass is 9.73. The van der Waals surface area contributed by atoms with Gasteiger partial charge in [0, 0.05) is 45.0 Å².